The molecule has 0 aliphatic heterocycles. The molecule has 24 heavy (non-hydrogen) atoms. The number of anilines is 1. The van der Waals surface area contributed by atoms with Gasteiger partial charge in [0.15, 0.2) is 0 Å². The monoisotopic (exact) mass is 361 g/mol. The number of aromatic nitrogens is 4. The van der Waals surface area contributed by atoms with E-state index in [-0.39, 0.29) is 11.8 Å². The topological polar surface area (TPSA) is 72.7 Å². The maximum atomic E-state index is 12.5. The van der Waals surface area contributed by atoms with Crippen molar-refractivity contribution in [1.29, 1.82) is 0 Å². The van der Waals surface area contributed by atoms with Crippen LogP contribution >= 0.6 is 22.9 Å². The molecule has 1 amide bonds. The van der Waals surface area contributed by atoms with E-state index in [2.05, 4.69) is 20.6 Å². The largest absolute Gasteiger partial charge is 0.295 e. The normalized spacial score (nSPS) is 11.0. The Balaban J connectivity index is 1.81. The zero-order valence-corrected chi connectivity index (χ0v) is 15.0. The predicted molar refractivity (Wildman–Crippen MR) is 95.6 cm³/mol. The van der Waals surface area contributed by atoms with Gasteiger partial charge in [0.2, 0.25) is 5.13 Å². The number of amides is 1. The van der Waals surface area contributed by atoms with Crippen LogP contribution < -0.4 is 5.32 Å². The summed E-state index contributed by atoms with van der Waals surface area (Å²) in [5, 5.41) is 17.3. The zero-order chi connectivity index (χ0) is 17.3. The SMILES string of the molecule is CC(C)c1nnc(NC(=O)c2cc(-c3ccc(Cl)cc3)nn2C)s1. The molecule has 0 atom stereocenters. The third-order valence-corrected chi connectivity index (χ3v) is 4.80. The summed E-state index contributed by atoms with van der Waals surface area (Å²) in [6.07, 6.45) is 0. The molecule has 6 nitrogen and oxygen atoms in total. The van der Waals surface area contributed by atoms with Crippen molar-refractivity contribution >= 4 is 34.0 Å². The second-order valence-electron chi connectivity index (χ2n) is 5.60. The minimum absolute atomic E-state index is 0.267. The second-order valence-corrected chi connectivity index (χ2v) is 7.05. The van der Waals surface area contributed by atoms with Gasteiger partial charge in [-0.1, -0.05) is 48.9 Å². The average molecular weight is 362 g/mol. The van der Waals surface area contributed by atoms with Gasteiger partial charge in [0.1, 0.15) is 10.7 Å². The summed E-state index contributed by atoms with van der Waals surface area (Å²) < 4.78 is 1.55. The van der Waals surface area contributed by atoms with Crippen molar-refractivity contribution in [3.8, 4) is 11.3 Å². The van der Waals surface area contributed by atoms with Gasteiger partial charge in [-0.05, 0) is 18.2 Å². The number of carbonyl (C=O) groups is 1. The molecule has 3 rings (SSSR count). The Morgan fingerprint density at radius 1 is 1.25 bits per heavy atom. The molecule has 0 unspecified atom stereocenters. The highest BCUT2D eigenvalue weighted by molar-refractivity contribution is 7.15. The molecule has 0 aliphatic rings. The highest BCUT2D eigenvalue weighted by Crippen LogP contribution is 2.24. The summed E-state index contributed by atoms with van der Waals surface area (Å²) in [5.41, 5.74) is 2.05. The third kappa shape index (κ3) is 3.47. The minimum atomic E-state index is -0.267. The molecular weight excluding hydrogens is 346 g/mol. The Morgan fingerprint density at radius 2 is 1.96 bits per heavy atom. The molecule has 1 N–H and O–H groups in total. The highest BCUT2D eigenvalue weighted by Gasteiger charge is 2.17. The number of rotatable bonds is 4. The smallest absolute Gasteiger partial charge is 0.275 e. The summed E-state index contributed by atoms with van der Waals surface area (Å²) in [4.78, 5) is 12.5. The van der Waals surface area contributed by atoms with Gasteiger partial charge in [-0.15, -0.1) is 10.2 Å². The second kappa shape index (κ2) is 6.70. The Kier molecular flexibility index (Phi) is 4.64. The quantitative estimate of drug-likeness (QED) is 0.763. The molecule has 0 saturated carbocycles. The van der Waals surface area contributed by atoms with Crippen molar-refractivity contribution in [1.82, 2.24) is 20.0 Å². The first kappa shape index (κ1) is 16.6. The van der Waals surface area contributed by atoms with E-state index in [9.17, 15) is 4.79 Å². The van der Waals surface area contributed by atoms with Crippen LogP contribution in [0, 0.1) is 0 Å². The highest BCUT2D eigenvalue weighted by atomic mass is 35.5. The van der Waals surface area contributed by atoms with Crippen molar-refractivity contribution in [3.63, 3.8) is 0 Å². The van der Waals surface area contributed by atoms with Crippen molar-refractivity contribution < 1.29 is 4.79 Å². The molecular formula is C16H16ClN5OS. The van der Waals surface area contributed by atoms with Crippen molar-refractivity contribution in [3.05, 3.63) is 46.1 Å². The molecule has 0 saturated heterocycles. The molecule has 2 heterocycles. The van der Waals surface area contributed by atoms with E-state index in [1.54, 1.807) is 29.9 Å². The van der Waals surface area contributed by atoms with Crippen LogP contribution in [0.3, 0.4) is 0 Å². The molecule has 0 aliphatic carbocycles. The van der Waals surface area contributed by atoms with Crippen molar-refractivity contribution in [2.24, 2.45) is 7.05 Å². The van der Waals surface area contributed by atoms with E-state index >= 15 is 0 Å². The Morgan fingerprint density at radius 3 is 2.58 bits per heavy atom. The van der Waals surface area contributed by atoms with Gasteiger partial charge in [0.05, 0.1) is 5.69 Å². The van der Waals surface area contributed by atoms with Crippen LogP contribution in [0.5, 0.6) is 0 Å². The zero-order valence-electron chi connectivity index (χ0n) is 13.4. The van der Waals surface area contributed by atoms with E-state index in [0.29, 0.717) is 21.5 Å². The number of benzene rings is 1. The fraction of sp³-hybridized carbons (Fsp3) is 0.250. The van der Waals surface area contributed by atoms with Crippen LogP contribution in [-0.2, 0) is 7.05 Å². The van der Waals surface area contributed by atoms with Gasteiger partial charge in [-0.25, -0.2) is 0 Å². The number of aryl methyl sites for hydroxylation is 1. The van der Waals surface area contributed by atoms with Crippen molar-refractivity contribution in [2.45, 2.75) is 19.8 Å². The van der Waals surface area contributed by atoms with E-state index in [1.165, 1.54) is 11.3 Å². The summed E-state index contributed by atoms with van der Waals surface area (Å²) in [6, 6.07) is 9.06. The lowest BCUT2D eigenvalue weighted by atomic mass is 10.1. The maximum absolute atomic E-state index is 12.5. The molecule has 0 bridgehead atoms. The van der Waals surface area contributed by atoms with Gasteiger partial charge in [-0.3, -0.25) is 14.8 Å². The Bertz CT molecular complexity index is 869. The average Bonchev–Trinajstić information content (AvgIpc) is 3.15. The van der Waals surface area contributed by atoms with Gasteiger partial charge in [0, 0.05) is 23.6 Å². The first-order valence-electron chi connectivity index (χ1n) is 7.39. The molecule has 8 heteroatoms. The number of nitrogens with zero attached hydrogens (tertiary/aromatic N) is 4. The number of hydrogen-bond acceptors (Lipinski definition) is 5. The maximum Gasteiger partial charge on any atom is 0.275 e. The summed E-state index contributed by atoms with van der Waals surface area (Å²) in [5.74, 6) is 0.0121. The molecule has 1 aromatic carbocycles. The molecule has 2 aromatic heterocycles. The van der Waals surface area contributed by atoms with Crippen LogP contribution in [-0.4, -0.2) is 25.9 Å². The third-order valence-electron chi connectivity index (χ3n) is 3.41. The van der Waals surface area contributed by atoms with E-state index in [4.69, 9.17) is 11.6 Å². The van der Waals surface area contributed by atoms with Crippen LogP contribution in [0.4, 0.5) is 5.13 Å². The molecule has 124 valence electrons. The van der Waals surface area contributed by atoms with Crippen LogP contribution in [0.1, 0.15) is 35.3 Å². The predicted octanol–water partition coefficient (Wildman–Crippen LogP) is 3.97. The number of nitrogens with one attached hydrogen (secondary N) is 1. The summed E-state index contributed by atoms with van der Waals surface area (Å²) >= 11 is 7.28. The van der Waals surface area contributed by atoms with Gasteiger partial charge < -0.3 is 0 Å². The first-order chi connectivity index (χ1) is 11.4. The lowest BCUT2D eigenvalue weighted by Gasteiger charge is -2.00. The number of halogens is 1. The summed E-state index contributed by atoms with van der Waals surface area (Å²) in [6.45, 7) is 4.07. The number of carbonyl (C=O) groups excluding carboxylic acids is 1. The standard InChI is InChI=1S/C16H16ClN5OS/c1-9(2)15-19-20-16(24-15)18-14(23)13-8-12(21-22(13)3)10-4-6-11(17)7-5-10/h4-9H,1-3H3,(H,18,20,23). The van der Waals surface area contributed by atoms with Gasteiger partial charge in [0.25, 0.3) is 5.91 Å². The van der Waals surface area contributed by atoms with Gasteiger partial charge in [-0.2, -0.15) is 5.10 Å². The van der Waals surface area contributed by atoms with Crippen molar-refractivity contribution in [2.75, 3.05) is 5.32 Å². The number of hydrogen-bond donors (Lipinski definition) is 1. The molecule has 0 fully saturated rings. The van der Waals surface area contributed by atoms with Gasteiger partial charge >= 0.3 is 0 Å². The molecule has 0 radical (unpaired) electrons. The lowest BCUT2D eigenvalue weighted by molar-refractivity contribution is 0.101. The van der Waals surface area contributed by atoms with Crippen LogP contribution in [0.15, 0.2) is 30.3 Å². The summed E-state index contributed by atoms with van der Waals surface area (Å²) in [7, 11) is 1.73. The molecule has 0 spiro atoms. The Labute approximate surface area is 148 Å². The lowest BCUT2D eigenvalue weighted by Crippen LogP contribution is -2.15. The van der Waals surface area contributed by atoms with Crippen LogP contribution in [0.2, 0.25) is 5.02 Å². The van der Waals surface area contributed by atoms with E-state index < -0.39 is 0 Å². The van der Waals surface area contributed by atoms with E-state index in [1.807, 2.05) is 26.0 Å². The first-order valence-corrected chi connectivity index (χ1v) is 8.58. The minimum Gasteiger partial charge on any atom is -0.295 e. The Hall–Kier alpha value is -2.25. The molecule has 3 aromatic rings. The van der Waals surface area contributed by atoms with E-state index in [0.717, 1.165) is 10.6 Å². The fourth-order valence-corrected chi connectivity index (χ4v) is 2.99. The fourth-order valence-electron chi connectivity index (χ4n) is 2.12. The van der Waals surface area contributed by atoms with Crippen LogP contribution in [0.25, 0.3) is 11.3 Å².